The fraction of sp³-hybridized carbons (Fsp3) is 0.588. The summed E-state index contributed by atoms with van der Waals surface area (Å²) in [6.07, 6.45) is 7.15. The van der Waals surface area contributed by atoms with Crippen molar-refractivity contribution in [1.29, 1.82) is 0 Å². The third-order valence-electron chi connectivity index (χ3n) is 5.09. The zero-order valence-corrected chi connectivity index (χ0v) is 14.5. The third-order valence-corrected chi connectivity index (χ3v) is 6.29. The monoisotopic (exact) mass is 346 g/mol. The van der Waals surface area contributed by atoms with Crippen LogP contribution in [0.5, 0.6) is 0 Å². The Balaban J connectivity index is 1.55. The highest BCUT2D eigenvalue weighted by atomic mass is 32.1. The van der Waals surface area contributed by atoms with Crippen molar-refractivity contribution in [2.24, 2.45) is 5.73 Å². The van der Waals surface area contributed by atoms with Gasteiger partial charge in [0.15, 0.2) is 0 Å². The van der Waals surface area contributed by atoms with Crippen molar-refractivity contribution in [2.45, 2.75) is 51.1 Å². The number of likely N-dealkylation sites (tertiary alicyclic amines) is 1. The molecule has 0 unspecified atom stereocenters. The normalized spacial score (nSPS) is 20.5. The van der Waals surface area contributed by atoms with Gasteiger partial charge >= 0.3 is 0 Å². The van der Waals surface area contributed by atoms with Crippen LogP contribution in [0.1, 0.15) is 36.1 Å². The highest BCUT2D eigenvalue weighted by Gasteiger charge is 2.24. The fourth-order valence-electron chi connectivity index (χ4n) is 3.73. The number of aryl methyl sites for hydroxylation is 3. The molecule has 2 aromatic heterocycles. The molecule has 1 aliphatic carbocycles. The third kappa shape index (κ3) is 2.75. The molecule has 3 heterocycles. The zero-order valence-electron chi connectivity index (χ0n) is 13.7. The number of thiophene rings is 1. The minimum Gasteiger partial charge on any atom is -0.341 e. The minimum atomic E-state index is 0.00493. The molecule has 6 nitrogen and oxygen atoms in total. The predicted molar refractivity (Wildman–Crippen MR) is 94.3 cm³/mol. The van der Waals surface area contributed by atoms with Gasteiger partial charge < -0.3 is 10.6 Å². The summed E-state index contributed by atoms with van der Waals surface area (Å²) >= 11 is 1.65. The Morgan fingerprint density at radius 2 is 2.21 bits per heavy atom. The highest BCUT2D eigenvalue weighted by molar-refractivity contribution is 7.18. The molecule has 1 fully saturated rings. The van der Waals surface area contributed by atoms with E-state index in [1.807, 2.05) is 0 Å². The van der Waals surface area contributed by atoms with E-state index in [0.717, 1.165) is 42.4 Å². The van der Waals surface area contributed by atoms with E-state index < -0.39 is 0 Å². The van der Waals surface area contributed by atoms with Crippen molar-refractivity contribution in [1.82, 2.24) is 14.5 Å². The molecule has 1 aliphatic heterocycles. The average Bonchev–Trinajstić information content (AvgIpc) is 3.17. The van der Waals surface area contributed by atoms with Crippen molar-refractivity contribution in [2.75, 3.05) is 13.1 Å². The highest BCUT2D eigenvalue weighted by Crippen LogP contribution is 2.33. The largest absolute Gasteiger partial charge is 0.341 e. The molecule has 1 atom stereocenters. The van der Waals surface area contributed by atoms with Crippen LogP contribution >= 0.6 is 11.3 Å². The lowest BCUT2D eigenvalue weighted by atomic mass is 9.97. The number of fused-ring (bicyclic) bond motifs is 3. The van der Waals surface area contributed by atoms with Gasteiger partial charge in [0.2, 0.25) is 5.91 Å². The van der Waals surface area contributed by atoms with Gasteiger partial charge in [-0.05, 0) is 37.7 Å². The summed E-state index contributed by atoms with van der Waals surface area (Å²) < 4.78 is 1.60. The first kappa shape index (κ1) is 15.8. The molecule has 4 rings (SSSR count). The van der Waals surface area contributed by atoms with Gasteiger partial charge in [-0.2, -0.15) is 0 Å². The van der Waals surface area contributed by atoms with E-state index in [9.17, 15) is 9.59 Å². The van der Waals surface area contributed by atoms with Crippen LogP contribution in [0.25, 0.3) is 10.2 Å². The molecule has 0 bridgehead atoms. The number of hydrogen-bond donors (Lipinski definition) is 1. The lowest BCUT2D eigenvalue weighted by Crippen LogP contribution is -2.33. The molecule has 0 radical (unpaired) electrons. The van der Waals surface area contributed by atoms with Crippen LogP contribution in [0.15, 0.2) is 11.1 Å². The molecule has 7 heteroatoms. The average molecular weight is 346 g/mol. The zero-order chi connectivity index (χ0) is 16.7. The summed E-state index contributed by atoms with van der Waals surface area (Å²) in [5.41, 5.74) is 7.06. The Hall–Kier alpha value is -1.73. The molecule has 0 saturated carbocycles. The number of carbonyl (C=O) groups is 1. The maximum atomic E-state index is 12.8. The van der Waals surface area contributed by atoms with E-state index in [1.54, 1.807) is 27.1 Å². The molecular weight excluding hydrogens is 324 g/mol. The van der Waals surface area contributed by atoms with E-state index in [0.29, 0.717) is 19.5 Å². The van der Waals surface area contributed by atoms with Crippen molar-refractivity contribution in [3.8, 4) is 0 Å². The standard InChI is InChI=1S/C17H22N4O2S/c18-11-5-7-20(9-11)14(22)6-8-21-10-19-16-15(17(21)23)12-3-1-2-4-13(12)24-16/h10-11H,1-9,18H2/t11-/m1/s1. The number of rotatable bonds is 3. The number of carbonyl (C=O) groups excluding carboxylic acids is 1. The van der Waals surface area contributed by atoms with Gasteiger partial charge in [-0.1, -0.05) is 0 Å². The second-order valence-corrected chi connectivity index (χ2v) is 7.86. The summed E-state index contributed by atoms with van der Waals surface area (Å²) in [5, 5.41) is 0.785. The van der Waals surface area contributed by atoms with Gasteiger partial charge in [0.25, 0.3) is 5.56 Å². The Bertz CT molecular complexity index is 841. The van der Waals surface area contributed by atoms with Gasteiger partial charge in [0.1, 0.15) is 4.83 Å². The second kappa shape index (κ2) is 6.29. The smallest absolute Gasteiger partial charge is 0.262 e. The lowest BCUT2D eigenvalue weighted by Gasteiger charge is -2.16. The summed E-state index contributed by atoms with van der Waals surface area (Å²) in [6.45, 7) is 1.74. The first-order valence-electron chi connectivity index (χ1n) is 8.66. The van der Waals surface area contributed by atoms with Crippen LogP contribution in [0, 0.1) is 0 Å². The molecule has 0 aromatic carbocycles. The Kier molecular flexibility index (Phi) is 4.14. The van der Waals surface area contributed by atoms with Gasteiger partial charge in [0, 0.05) is 37.0 Å². The van der Waals surface area contributed by atoms with E-state index in [2.05, 4.69) is 4.98 Å². The number of aromatic nitrogens is 2. The molecule has 0 spiro atoms. The molecular formula is C17H22N4O2S. The number of amides is 1. The Morgan fingerprint density at radius 1 is 1.38 bits per heavy atom. The number of nitrogens with zero attached hydrogens (tertiary/aromatic N) is 3. The summed E-state index contributed by atoms with van der Waals surface area (Å²) in [6, 6.07) is 0.0898. The topological polar surface area (TPSA) is 81.2 Å². The molecule has 2 aliphatic rings. The number of hydrogen-bond acceptors (Lipinski definition) is 5. The minimum absolute atomic E-state index is 0.00493. The maximum absolute atomic E-state index is 12.8. The first-order valence-corrected chi connectivity index (χ1v) is 9.48. The maximum Gasteiger partial charge on any atom is 0.262 e. The van der Waals surface area contributed by atoms with Crippen LogP contribution in [0.3, 0.4) is 0 Å². The Labute approximate surface area is 144 Å². The molecule has 1 amide bonds. The van der Waals surface area contributed by atoms with Crippen LogP contribution in [-0.2, 0) is 24.2 Å². The molecule has 2 aromatic rings. The van der Waals surface area contributed by atoms with Crippen LogP contribution in [0.4, 0.5) is 0 Å². The van der Waals surface area contributed by atoms with Crippen LogP contribution < -0.4 is 11.3 Å². The molecule has 24 heavy (non-hydrogen) atoms. The summed E-state index contributed by atoms with van der Waals surface area (Å²) in [4.78, 5) is 33.5. The van der Waals surface area contributed by atoms with Crippen molar-refractivity contribution in [3.05, 3.63) is 27.1 Å². The predicted octanol–water partition coefficient (Wildman–Crippen LogP) is 1.29. The second-order valence-electron chi connectivity index (χ2n) is 6.77. The lowest BCUT2D eigenvalue weighted by molar-refractivity contribution is -0.130. The summed E-state index contributed by atoms with van der Waals surface area (Å²) in [5.74, 6) is 0.0716. The summed E-state index contributed by atoms with van der Waals surface area (Å²) in [7, 11) is 0. The Morgan fingerprint density at radius 3 is 3.00 bits per heavy atom. The molecule has 128 valence electrons. The quantitative estimate of drug-likeness (QED) is 0.908. The van der Waals surface area contributed by atoms with Crippen LogP contribution in [0.2, 0.25) is 0 Å². The van der Waals surface area contributed by atoms with Crippen LogP contribution in [-0.4, -0.2) is 39.5 Å². The van der Waals surface area contributed by atoms with Gasteiger partial charge in [-0.3, -0.25) is 14.2 Å². The van der Waals surface area contributed by atoms with E-state index >= 15 is 0 Å². The van der Waals surface area contributed by atoms with E-state index in [4.69, 9.17) is 5.73 Å². The first-order chi connectivity index (χ1) is 11.6. The molecule has 2 N–H and O–H groups in total. The SMILES string of the molecule is N[C@@H]1CCN(C(=O)CCn2cnc3sc4c(c3c2=O)CCCC4)C1. The van der Waals surface area contributed by atoms with Gasteiger partial charge in [-0.15, -0.1) is 11.3 Å². The van der Waals surface area contributed by atoms with Crippen molar-refractivity contribution in [3.63, 3.8) is 0 Å². The van der Waals surface area contributed by atoms with E-state index in [-0.39, 0.29) is 17.5 Å². The number of nitrogens with two attached hydrogens (primary N) is 1. The molecule has 1 saturated heterocycles. The van der Waals surface area contributed by atoms with Gasteiger partial charge in [0.05, 0.1) is 11.7 Å². The van der Waals surface area contributed by atoms with E-state index in [1.165, 1.54) is 16.9 Å². The van der Waals surface area contributed by atoms with Crippen molar-refractivity contribution < 1.29 is 4.79 Å². The van der Waals surface area contributed by atoms with Gasteiger partial charge in [-0.25, -0.2) is 4.98 Å². The van der Waals surface area contributed by atoms with Crippen molar-refractivity contribution >= 4 is 27.5 Å². The fourth-order valence-corrected chi connectivity index (χ4v) is 4.95.